The molecule has 4 rings (SSSR count). The summed E-state index contributed by atoms with van der Waals surface area (Å²) in [5.74, 6) is -0.890. The summed E-state index contributed by atoms with van der Waals surface area (Å²) in [6, 6.07) is 11.3. The number of carbonyl (C=O) groups excluding carboxylic acids is 1. The Balaban J connectivity index is 2.14. The maximum atomic E-state index is 13.4. The van der Waals surface area contributed by atoms with Crippen molar-refractivity contribution >= 4 is 17.1 Å². The molecule has 8 heteroatoms. The number of imidazole rings is 1. The summed E-state index contributed by atoms with van der Waals surface area (Å²) >= 11 is 0. The lowest BCUT2D eigenvalue weighted by Gasteiger charge is -2.09. The lowest BCUT2D eigenvalue weighted by molar-refractivity contribution is 0.0997. The summed E-state index contributed by atoms with van der Waals surface area (Å²) in [5.41, 5.74) is 8.85. The predicted molar refractivity (Wildman–Crippen MR) is 112 cm³/mol. The molecule has 2 heterocycles. The van der Waals surface area contributed by atoms with Gasteiger partial charge in [-0.2, -0.15) is 0 Å². The van der Waals surface area contributed by atoms with Gasteiger partial charge in [-0.05, 0) is 50.6 Å². The van der Waals surface area contributed by atoms with E-state index in [2.05, 4.69) is 9.97 Å². The van der Waals surface area contributed by atoms with Crippen molar-refractivity contribution in [3.05, 3.63) is 75.6 Å². The lowest BCUT2D eigenvalue weighted by atomic mass is 10.1. The van der Waals surface area contributed by atoms with Crippen molar-refractivity contribution in [2.45, 2.75) is 27.3 Å². The van der Waals surface area contributed by atoms with Gasteiger partial charge >= 0.3 is 5.69 Å². The number of nitrogens with zero attached hydrogens (tertiary/aromatic N) is 4. The van der Waals surface area contributed by atoms with Crippen LogP contribution in [0.4, 0.5) is 4.39 Å². The van der Waals surface area contributed by atoms with Gasteiger partial charge in [0.1, 0.15) is 11.3 Å². The highest BCUT2D eigenvalue weighted by atomic mass is 19.1. The number of carbonyl (C=O) groups is 1. The van der Waals surface area contributed by atoms with Gasteiger partial charge in [0.15, 0.2) is 17.2 Å². The molecule has 0 aliphatic rings. The first-order valence-corrected chi connectivity index (χ1v) is 9.48. The van der Waals surface area contributed by atoms with E-state index in [0.717, 1.165) is 16.7 Å². The summed E-state index contributed by atoms with van der Waals surface area (Å²) in [6.45, 7) is 5.96. The molecule has 0 fully saturated rings. The van der Waals surface area contributed by atoms with E-state index in [1.165, 1.54) is 33.4 Å². The van der Waals surface area contributed by atoms with Gasteiger partial charge in [-0.15, -0.1) is 0 Å². The third-order valence-corrected chi connectivity index (χ3v) is 5.03. The summed E-state index contributed by atoms with van der Waals surface area (Å²) in [4.78, 5) is 34.5. The van der Waals surface area contributed by atoms with Crippen LogP contribution in [0.2, 0.25) is 0 Å². The lowest BCUT2D eigenvalue weighted by Crippen LogP contribution is -2.23. The second-order valence-electron chi connectivity index (χ2n) is 7.09. The Morgan fingerprint density at radius 1 is 1.10 bits per heavy atom. The molecule has 0 saturated heterocycles. The molecule has 2 aromatic heterocycles. The number of hydrogen-bond donors (Lipinski definition) is 1. The van der Waals surface area contributed by atoms with Gasteiger partial charge in [-0.1, -0.05) is 23.8 Å². The normalized spacial score (nSPS) is 11.2. The zero-order valence-corrected chi connectivity index (χ0v) is 16.8. The van der Waals surface area contributed by atoms with Crippen LogP contribution in [0.25, 0.3) is 28.2 Å². The van der Waals surface area contributed by atoms with Gasteiger partial charge in [0.05, 0.1) is 5.69 Å². The zero-order valence-electron chi connectivity index (χ0n) is 16.8. The molecule has 0 radical (unpaired) electrons. The number of halogens is 1. The number of hydrogen-bond acceptors (Lipinski definition) is 4. The maximum absolute atomic E-state index is 13.4. The number of aromatic nitrogens is 4. The highest BCUT2D eigenvalue weighted by molar-refractivity contribution is 6.02. The molecule has 2 N–H and O–H groups in total. The van der Waals surface area contributed by atoms with Crippen LogP contribution in [0.1, 0.15) is 28.5 Å². The SMILES string of the molecule is CCn1c(=O)n(-c2ccc(F)cc2)c2nc(-c3ccc(C)cc3C)nc(C(N)=O)c21. The molecular formula is C22H20FN5O2. The number of benzene rings is 2. The molecule has 0 spiro atoms. The van der Waals surface area contributed by atoms with E-state index in [9.17, 15) is 14.0 Å². The Morgan fingerprint density at radius 2 is 1.80 bits per heavy atom. The molecule has 0 aliphatic carbocycles. The summed E-state index contributed by atoms with van der Waals surface area (Å²) in [5, 5.41) is 0. The van der Waals surface area contributed by atoms with Crippen LogP contribution >= 0.6 is 0 Å². The van der Waals surface area contributed by atoms with Crippen molar-refractivity contribution in [2.75, 3.05) is 0 Å². The molecule has 0 bridgehead atoms. The van der Waals surface area contributed by atoms with Crippen LogP contribution in [-0.4, -0.2) is 25.0 Å². The number of aryl methyl sites for hydroxylation is 3. The number of nitrogens with two attached hydrogens (primary N) is 1. The number of rotatable bonds is 4. The fourth-order valence-electron chi connectivity index (χ4n) is 3.63. The van der Waals surface area contributed by atoms with E-state index < -0.39 is 17.4 Å². The molecule has 0 saturated carbocycles. The molecule has 0 aliphatic heterocycles. The Kier molecular flexibility index (Phi) is 4.69. The first kappa shape index (κ1) is 19.5. The Labute approximate surface area is 171 Å². The predicted octanol–water partition coefficient (Wildman–Crippen LogP) is 3.12. The maximum Gasteiger partial charge on any atom is 0.335 e. The van der Waals surface area contributed by atoms with Gasteiger partial charge < -0.3 is 5.73 Å². The van der Waals surface area contributed by atoms with Crippen LogP contribution in [0.15, 0.2) is 47.3 Å². The van der Waals surface area contributed by atoms with Gasteiger partial charge in [0, 0.05) is 12.1 Å². The first-order valence-electron chi connectivity index (χ1n) is 9.48. The molecule has 0 unspecified atom stereocenters. The van der Waals surface area contributed by atoms with Crippen LogP contribution in [0.3, 0.4) is 0 Å². The van der Waals surface area contributed by atoms with Crippen molar-refractivity contribution < 1.29 is 9.18 Å². The van der Waals surface area contributed by atoms with Gasteiger partial charge in [-0.25, -0.2) is 23.7 Å². The largest absolute Gasteiger partial charge is 0.364 e. The zero-order chi connectivity index (χ0) is 21.6. The summed E-state index contributed by atoms with van der Waals surface area (Å²) in [6.07, 6.45) is 0. The molecule has 30 heavy (non-hydrogen) atoms. The minimum atomic E-state index is -0.758. The average molecular weight is 405 g/mol. The smallest absolute Gasteiger partial charge is 0.335 e. The van der Waals surface area contributed by atoms with Crippen LogP contribution < -0.4 is 11.4 Å². The Hall–Kier alpha value is -3.81. The third-order valence-electron chi connectivity index (χ3n) is 5.03. The van der Waals surface area contributed by atoms with E-state index >= 15 is 0 Å². The average Bonchev–Trinajstić information content (AvgIpc) is 2.99. The van der Waals surface area contributed by atoms with Crippen molar-refractivity contribution in [1.29, 1.82) is 0 Å². The number of fused-ring (bicyclic) bond motifs is 1. The molecule has 4 aromatic rings. The monoisotopic (exact) mass is 405 g/mol. The minimum absolute atomic E-state index is 0.0326. The van der Waals surface area contributed by atoms with Crippen LogP contribution in [0, 0.1) is 19.7 Å². The van der Waals surface area contributed by atoms with Crippen LogP contribution in [-0.2, 0) is 6.54 Å². The minimum Gasteiger partial charge on any atom is -0.364 e. The standard InChI is InChI=1S/C22H20FN5O2/c1-4-27-18-17(19(24)29)25-20(16-10-5-12(2)11-13(16)3)26-21(18)28(22(27)30)15-8-6-14(23)7-9-15/h5-11H,4H2,1-3H3,(H2,24,29). The molecule has 7 nitrogen and oxygen atoms in total. The number of primary amides is 1. The second kappa shape index (κ2) is 7.22. The van der Waals surface area contributed by atoms with E-state index in [-0.39, 0.29) is 29.2 Å². The quantitative estimate of drug-likeness (QED) is 0.564. The molecule has 2 aromatic carbocycles. The first-order chi connectivity index (χ1) is 14.3. The van der Waals surface area contributed by atoms with Crippen molar-refractivity contribution in [3.8, 4) is 17.1 Å². The Bertz CT molecular complexity index is 1350. The highest BCUT2D eigenvalue weighted by Crippen LogP contribution is 2.26. The van der Waals surface area contributed by atoms with Crippen molar-refractivity contribution in [2.24, 2.45) is 5.73 Å². The van der Waals surface area contributed by atoms with Gasteiger partial charge in [0.25, 0.3) is 5.91 Å². The second-order valence-corrected chi connectivity index (χ2v) is 7.09. The van der Waals surface area contributed by atoms with Gasteiger partial charge in [-0.3, -0.25) is 9.36 Å². The fourth-order valence-corrected chi connectivity index (χ4v) is 3.63. The molecule has 0 atom stereocenters. The van der Waals surface area contributed by atoms with E-state index in [1.54, 1.807) is 6.92 Å². The highest BCUT2D eigenvalue weighted by Gasteiger charge is 2.24. The summed E-state index contributed by atoms with van der Waals surface area (Å²) < 4.78 is 16.2. The molecular weight excluding hydrogens is 385 g/mol. The van der Waals surface area contributed by atoms with Gasteiger partial charge in [0.2, 0.25) is 0 Å². The van der Waals surface area contributed by atoms with E-state index in [0.29, 0.717) is 5.69 Å². The van der Waals surface area contributed by atoms with Crippen molar-refractivity contribution in [3.63, 3.8) is 0 Å². The summed E-state index contributed by atoms with van der Waals surface area (Å²) in [7, 11) is 0. The number of amides is 1. The molecule has 152 valence electrons. The fraction of sp³-hybridized carbons (Fsp3) is 0.182. The topological polar surface area (TPSA) is 95.8 Å². The van der Waals surface area contributed by atoms with E-state index in [1.807, 2.05) is 32.0 Å². The molecule has 1 amide bonds. The Morgan fingerprint density at radius 3 is 2.40 bits per heavy atom. The van der Waals surface area contributed by atoms with Crippen LogP contribution in [0.5, 0.6) is 0 Å². The van der Waals surface area contributed by atoms with Crippen molar-refractivity contribution in [1.82, 2.24) is 19.1 Å². The van der Waals surface area contributed by atoms with E-state index in [4.69, 9.17) is 5.73 Å². The third kappa shape index (κ3) is 3.06.